The zero-order valence-corrected chi connectivity index (χ0v) is 12.8. The Morgan fingerprint density at radius 3 is 2.70 bits per heavy atom. The van der Waals surface area contributed by atoms with E-state index in [1.54, 1.807) is 0 Å². The van der Waals surface area contributed by atoms with Crippen molar-refractivity contribution < 1.29 is 22.4 Å². The van der Waals surface area contributed by atoms with E-state index in [0.717, 1.165) is 0 Å². The lowest BCUT2D eigenvalue weighted by Gasteiger charge is -2.24. The molecule has 0 unspecified atom stereocenters. The summed E-state index contributed by atoms with van der Waals surface area (Å²) in [7, 11) is -3.77. The number of carbonyl (C=O) groups excluding carboxylic acids is 1. The largest absolute Gasteiger partial charge is 0.438 e. The van der Waals surface area contributed by atoms with Crippen molar-refractivity contribution in [3.05, 3.63) is 36.5 Å². The van der Waals surface area contributed by atoms with Gasteiger partial charge in [0.05, 0.1) is 13.2 Å². The van der Waals surface area contributed by atoms with E-state index in [4.69, 9.17) is 9.15 Å². The monoisotopic (exact) mass is 338 g/mol. The second-order valence-electron chi connectivity index (χ2n) is 4.68. The summed E-state index contributed by atoms with van der Waals surface area (Å²) in [5.41, 5.74) is 0. The molecule has 0 aromatic carbocycles. The van der Waals surface area contributed by atoms with Crippen LogP contribution in [0.25, 0.3) is 0 Å². The number of anilines is 1. The predicted octanol–water partition coefficient (Wildman–Crippen LogP) is 0.343. The summed E-state index contributed by atoms with van der Waals surface area (Å²) in [5.74, 6) is -0.415. The minimum atomic E-state index is -3.77. The lowest BCUT2D eigenvalue weighted by Crippen LogP contribution is -2.40. The van der Waals surface area contributed by atoms with Gasteiger partial charge in [0.2, 0.25) is 5.09 Å². The average molecular weight is 338 g/mol. The molecule has 1 aliphatic rings. The molecular formula is C13H14N4O5S. The smallest absolute Gasteiger partial charge is 0.292 e. The van der Waals surface area contributed by atoms with Crippen LogP contribution in [0.15, 0.2) is 40.2 Å². The van der Waals surface area contributed by atoms with Gasteiger partial charge in [0.15, 0.2) is 5.76 Å². The molecule has 1 saturated heterocycles. The third-order valence-corrected chi connectivity index (χ3v) is 4.97. The van der Waals surface area contributed by atoms with E-state index >= 15 is 0 Å². The Kier molecular flexibility index (Phi) is 4.37. The van der Waals surface area contributed by atoms with Crippen molar-refractivity contribution in [1.29, 1.82) is 0 Å². The summed E-state index contributed by atoms with van der Waals surface area (Å²) in [6.07, 6.45) is 2.76. The highest BCUT2D eigenvalue weighted by Crippen LogP contribution is 2.20. The quantitative estimate of drug-likeness (QED) is 0.855. The van der Waals surface area contributed by atoms with Crippen LogP contribution in [0.3, 0.4) is 0 Å². The van der Waals surface area contributed by atoms with Gasteiger partial charge in [-0.15, -0.1) is 0 Å². The fourth-order valence-corrected chi connectivity index (χ4v) is 3.36. The first-order chi connectivity index (χ1) is 11.1. The van der Waals surface area contributed by atoms with Gasteiger partial charge in [-0.2, -0.15) is 4.31 Å². The summed E-state index contributed by atoms with van der Waals surface area (Å²) in [6.45, 7) is 1.18. The summed E-state index contributed by atoms with van der Waals surface area (Å²) >= 11 is 0. The second kappa shape index (κ2) is 6.44. The molecule has 122 valence electrons. The SMILES string of the molecule is O=C(Nc1ccncn1)c1ccc(S(=O)(=O)N2CCOCC2)o1. The Balaban J connectivity index is 1.76. The molecular weight excluding hydrogens is 324 g/mol. The van der Waals surface area contributed by atoms with Gasteiger partial charge in [-0.1, -0.05) is 0 Å². The Labute approximate surface area is 132 Å². The normalized spacial score (nSPS) is 16.2. The molecule has 3 heterocycles. The number of rotatable bonds is 4. The Morgan fingerprint density at radius 1 is 1.22 bits per heavy atom. The molecule has 10 heteroatoms. The molecule has 2 aromatic rings. The van der Waals surface area contributed by atoms with Crippen molar-refractivity contribution in [2.24, 2.45) is 0 Å². The molecule has 0 spiro atoms. The van der Waals surface area contributed by atoms with E-state index in [1.165, 1.54) is 35.0 Å². The molecule has 1 aliphatic heterocycles. The number of nitrogens with zero attached hydrogens (tertiary/aromatic N) is 3. The van der Waals surface area contributed by atoms with Crippen molar-refractivity contribution in [3.63, 3.8) is 0 Å². The van der Waals surface area contributed by atoms with Crippen molar-refractivity contribution >= 4 is 21.7 Å². The summed E-state index contributed by atoms with van der Waals surface area (Å²) in [6, 6.07) is 4.08. The molecule has 0 radical (unpaired) electrons. The Hall–Kier alpha value is -2.30. The summed E-state index contributed by atoms with van der Waals surface area (Å²) in [5, 5.41) is 2.22. The van der Waals surface area contributed by atoms with E-state index in [1.807, 2.05) is 0 Å². The number of ether oxygens (including phenoxy) is 1. The summed E-state index contributed by atoms with van der Waals surface area (Å²) < 4.78 is 36.4. The van der Waals surface area contributed by atoms with Crippen LogP contribution in [0.1, 0.15) is 10.6 Å². The first kappa shape index (κ1) is 15.6. The minimum Gasteiger partial charge on any atom is -0.438 e. The fourth-order valence-electron chi connectivity index (χ4n) is 2.04. The van der Waals surface area contributed by atoms with Gasteiger partial charge >= 0.3 is 0 Å². The molecule has 0 atom stereocenters. The number of furan rings is 1. The maximum Gasteiger partial charge on any atom is 0.292 e. The van der Waals surface area contributed by atoms with Crippen LogP contribution in [0.2, 0.25) is 0 Å². The average Bonchev–Trinajstić information content (AvgIpc) is 3.07. The number of morpholine rings is 1. The number of aromatic nitrogens is 2. The highest BCUT2D eigenvalue weighted by atomic mass is 32.2. The molecule has 0 saturated carbocycles. The molecule has 0 aliphatic carbocycles. The number of hydrogen-bond donors (Lipinski definition) is 1. The van der Waals surface area contributed by atoms with E-state index < -0.39 is 15.9 Å². The van der Waals surface area contributed by atoms with Crippen LogP contribution in [0.5, 0.6) is 0 Å². The minimum absolute atomic E-state index is 0.115. The van der Waals surface area contributed by atoms with Crippen LogP contribution in [0.4, 0.5) is 5.82 Å². The van der Waals surface area contributed by atoms with Crippen LogP contribution in [-0.4, -0.2) is 54.9 Å². The first-order valence-corrected chi connectivity index (χ1v) is 8.26. The van der Waals surface area contributed by atoms with Gasteiger partial charge in [0, 0.05) is 19.3 Å². The highest BCUT2D eigenvalue weighted by molar-refractivity contribution is 7.89. The third kappa shape index (κ3) is 3.38. The van der Waals surface area contributed by atoms with Crippen LogP contribution < -0.4 is 5.32 Å². The maximum absolute atomic E-state index is 12.4. The molecule has 9 nitrogen and oxygen atoms in total. The number of sulfonamides is 1. The fraction of sp³-hybridized carbons (Fsp3) is 0.308. The lowest BCUT2D eigenvalue weighted by atomic mass is 10.4. The Bertz CT molecular complexity index is 784. The maximum atomic E-state index is 12.4. The number of hydrogen-bond acceptors (Lipinski definition) is 7. The van der Waals surface area contributed by atoms with Crippen LogP contribution in [-0.2, 0) is 14.8 Å². The van der Waals surface area contributed by atoms with E-state index in [9.17, 15) is 13.2 Å². The Morgan fingerprint density at radius 2 is 2.00 bits per heavy atom. The molecule has 2 aromatic heterocycles. The van der Waals surface area contributed by atoms with Crippen molar-refractivity contribution in [3.8, 4) is 0 Å². The van der Waals surface area contributed by atoms with Gasteiger partial charge in [-0.05, 0) is 18.2 Å². The second-order valence-corrected chi connectivity index (χ2v) is 6.55. The number of amides is 1. The van der Waals surface area contributed by atoms with E-state index in [0.29, 0.717) is 19.0 Å². The van der Waals surface area contributed by atoms with Gasteiger partial charge in [-0.25, -0.2) is 18.4 Å². The first-order valence-electron chi connectivity index (χ1n) is 6.82. The van der Waals surface area contributed by atoms with Gasteiger partial charge < -0.3 is 14.5 Å². The molecule has 0 bridgehead atoms. The standard InChI is InChI=1S/C13H14N4O5S/c18-13(16-11-3-4-14-9-15-11)10-1-2-12(22-10)23(19,20)17-5-7-21-8-6-17/h1-4,9H,5-8H2,(H,14,15,16,18). The molecule has 3 rings (SSSR count). The van der Waals surface area contributed by atoms with Crippen molar-refractivity contribution in [2.75, 3.05) is 31.6 Å². The number of nitrogens with one attached hydrogen (secondary N) is 1. The zero-order valence-electron chi connectivity index (χ0n) is 12.0. The molecule has 1 fully saturated rings. The van der Waals surface area contributed by atoms with Gasteiger partial charge in [0.25, 0.3) is 15.9 Å². The summed E-state index contributed by atoms with van der Waals surface area (Å²) in [4.78, 5) is 19.6. The lowest BCUT2D eigenvalue weighted by molar-refractivity contribution is 0.0723. The molecule has 1 amide bonds. The van der Waals surface area contributed by atoms with Crippen LogP contribution in [0, 0.1) is 0 Å². The van der Waals surface area contributed by atoms with Gasteiger partial charge in [-0.3, -0.25) is 4.79 Å². The zero-order chi connectivity index (χ0) is 16.3. The molecule has 23 heavy (non-hydrogen) atoms. The highest BCUT2D eigenvalue weighted by Gasteiger charge is 2.30. The topological polar surface area (TPSA) is 115 Å². The number of carbonyl (C=O) groups is 1. The van der Waals surface area contributed by atoms with Crippen molar-refractivity contribution in [2.45, 2.75) is 5.09 Å². The predicted molar refractivity (Wildman–Crippen MR) is 78.3 cm³/mol. The van der Waals surface area contributed by atoms with Gasteiger partial charge in [0.1, 0.15) is 12.1 Å². The van der Waals surface area contributed by atoms with E-state index in [2.05, 4.69) is 15.3 Å². The third-order valence-electron chi connectivity index (χ3n) is 3.19. The van der Waals surface area contributed by atoms with Crippen LogP contribution >= 0.6 is 0 Å². The molecule has 1 N–H and O–H groups in total. The van der Waals surface area contributed by atoms with Crippen molar-refractivity contribution in [1.82, 2.24) is 14.3 Å². The van der Waals surface area contributed by atoms with E-state index in [-0.39, 0.29) is 23.9 Å².